The van der Waals surface area contributed by atoms with Gasteiger partial charge in [-0.25, -0.2) is 0 Å². The van der Waals surface area contributed by atoms with Gasteiger partial charge in [-0.3, -0.25) is 24.6 Å². The van der Waals surface area contributed by atoms with E-state index in [0.717, 1.165) is 10.5 Å². The number of hydrogen-bond acceptors (Lipinski definition) is 6. The predicted molar refractivity (Wildman–Crippen MR) is 93.2 cm³/mol. The van der Waals surface area contributed by atoms with Gasteiger partial charge in [0.2, 0.25) is 11.8 Å². The molecule has 0 saturated carbocycles. The molecular weight excluding hydrogens is 336 g/mol. The summed E-state index contributed by atoms with van der Waals surface area (Å²) in [5.74, 6) is -2.35. The van der Waals surface area contributed by atoms with Crippen LogP contribution in [0.25, 0.3) is 0 Å². The monoisotopic (exact) mass is 360 g/mol. The molecule has 26 heavy (non-hydrogen) atoms. The third-order valence-electron chi connectivity index (χ3n) is 5.72. The molecular formula is C19H24N2O5. The molecule has 2 aliphatic heterocycles. The van der Waals surface area contributed by atoms with Crippen LogP contribution in [0.3, 0.4) is 0 Å². The maximum Gasteiger partial charge on any atom is 0.327 e. The maximum absolute atomic E-state index is 12.9. The number of para-hydroxylation sites is 1. The molecule has 1 N–H and O–H groups in total. The number of carbonyl (C=O) groups excluding carboxylic acids is 3. The molecule has 2 aliphatic rings. The van der Waals surface area contributed by atoms with Crippen LogP contribution >= 0.6 is 0 Å². The summed E-state index contributed by atoms with van der Waals surface area (Å²) >= 11 is 0. The summed E-state index contributed by atoms with van der Waals surface area (Å²) in [7, 11) is 4.31. The van der Waals surface area contributed by atoms with E-state index >= 15 is 0 Å². The lowest BCUT2D eigenvalue weighted by Crippen LogP contribution is -2.59. The first kappa shape index (κ1) is 18.4. The summed E-state index contributed by atoms with van der Waals surface area (Å²) in [6, 6.07) is 6.78. The largest absolute Gasteiger partial charge is 0.496 e. The summed E-state index contributed by atoms with van der Waals surface area (Å²) in [4.78, 5) is 39.7. The normalized spacial score (nSPS) is 30.7. The van der Waals surface area contributed by atoms with Gasteiger partial charge in [0.15, 0.2) is 0 Å². The molecule has 2 fully saturated rings. The first-order valence-corrected chi connectivity index (χ1v) is 8.61. The summed E-state index contributed by atoms with van der Waals surface area (Å²) in [5, 5.41) is 3.31. The number of ether oxygens (including phenoxy) is 2. The van der Waals surface area contributed by atoms with E-state index in [1.165, 1.54) is 14.2 Å². The zero-order chi connectivity index (χ0) is 19.2. The highest BCUT2D eigenvalue weighted by Gasteiger charge is 2.69. The summed E-state index contributed by atoms with van der Waals surface area (Å²) in [6.07, 6.45) is 0. The number of amides is 2. The fourth-order valence-corrected chi connectivity index (χ4v) is 4.40. The third kappa shape index (κ3) is 2.26. The van der Waals surface area contributed by atoms with Gasteiger partial charge in [0.25, 0.3) is 0 Å². The number of nitrogens with zero attached hydrogens (tertiary/aromatic N) is 1. The van der Waals surface area contributed by atoms with Crippen molar-refractivity contribution in [3.8, 4) is 5.75 Å². The highest BCUT2D eigenvalue weighted by molar-refractivity contribution is 6.09. The number of nitrogens with one attached hydrogen (secondary N) is 1. The van der Waals surface area contributed by atoms with E-state index in [2.05, 4.69) is 5.32 Å². The van der Waals surface area contributed by atoms with E-state index in [1.807, 2.05) is 32.0 Å². The summed E-state index contributed by atoms with van der Waals surface area (Å²) in [5.41, 5.74) is -0.532. The van der Waals surface area contributed by atoms with E-state index in [1.54, 1.807) is 13.2 Å². The number of imide groups is 1. The van der Waals surface area contributed by atoms with Crippen molar-refractivity contribution in [3.05, 3.63) is 29.8 Å². The lowest BCUT2D eigenvalue weighted by Gasteiger charge is -2.35. The van der Waals surface area contributed by atoms with E-state index < -0.39 is 29.4 Å². The van der Waals surface area contributed by atoms with Gasteiger partial charge in [-0.2, -0.15) is 0 Å². The second-order valence-corrected chi connectivity index (χ2v) is 7.12. The Balaban J connectivity index is 2.21. The van der Waals surface area contributed by atoms with Crippen molar-refractivity contribution in [1.29, 1.82) is 0 Å². The van der Waals surface area contributed by atoms with Crippen LogP contribution in [0.2, 0.25) is 0 Å². The van der Waals surface area contributed by atoms with Gasteiger partial charge in [0, 0.05) is 18.7 Å². The maximum atomic E-state index is 12.9. The van der Waals surface area contributed by atoms with E-state index in [9.17, 15) is 14.4 Å². The molecule has 1 aromatic rings. The minimum atomic E-state index is -1.28. The highest BCUT2D eigenvalue weighted by Crippen LogP contribution is 2.52. The van der Waals surface area contributed by atoms with E-state index in [4.69, 9.17) is 9.47 Å². The number of likely N-dealkylation sites (tertiary alicyclic amines) is 1. The van der Waals surface area contributed by atoms with Crippen molar-refractivity contribution in [2.24, 2.45) is 17.8 Å². The molecule has 7 heteroatoms. The summed E-state index contributed by atoms with van der Waals surface area (Å²) in [6.45, 7) is 3.70. The number of esters is 1. The lowest BCUT2D eigenvalue weighted by atomic mass is 9.73. The topological polar surface area (TPSA) is 84.9 Å². The Morgan fingerprint density at radius 3 is 2.42 bits per heavy atom. The van der Waals surface area contributed by atoms with Gasteiger partial charge < -0.3 is 9.47 Å². The number of carbonyl (C=O) groups is 3. The smallest absolute Gasteiger partial charge is 0.327 e. The molecule has 7 nitrogen and oxygen atoms in total. The average Bonchev–Trinajstić information content (AvgIpc) is 3.12. The number of fused-ring (bicyclic) bond motifs is 1. The number of hydrogen-bond donors (Lipinski definition) is 1. The molecule has 0 aromatic heterocycles. The Hall–Kier alpha value is -2.41. The quantitative estimate of drug-likeness (QED) is 0.640. The van der Waals surface area contributed by atoms with Crippen molar-refractivity contribution >= 4 is 17.8 Å². The molecule has 0 aliphatic carbocycles. The standard InChI is InChI=1S/C19H24N2O5/c1-10(2)19(18(24)26-5)14-13(16(22)21(3)17(14)23)15(20-19)11-8-6-7-9-12(11)25-4/h6-10,13-15,20H,1-5H3/t13-,14-,15-,19-/m0/s1. The van der Waals surface area contributed by atoms with Crippen LogP contribution < -0.4 is 10.1 Å². The Kier molecular flexibility index (Phi) is 4.52. The van der Waals surface area contributed by atoms with Crippen molar-refractivity contribution < 1.29 is 23.9 Å². The van der Waals surface area contributed by atoms with Crippen LogP contribution in [0.5, 0.6) is 5.75 Å². The van der Waals surface area contributed by atoms with Gasteiger partial charge in [0.05, 0.1) is 26.1 Å². The minimum absolute atomic E-state index is 0.259. The first-order chi connectivity index (χ1) is 12.3. The highest BCUT2D eigenvalue weighted by atomic mass is 16.5. The van der Waals surface area contributed by atoms with Gasteiger partial charge >= 0.3 is 5.97 Å². The van der Waals surface area contributed by atoms with Crippen LogP contribution in [0.15, 0.2) is 24.3 Å². The van der Waals surface area contributed by atoms with Crippen molar-refractivity contribution in [2.75, 3.05) is 21.3 Å². The number of rotatable bonds is 4. The fraction of sp³-hybridized carbons (Fsp3) is 0.526. The Morgan fingerprint density at radius 2 is 1.85 bits per heavy atom. The number of methoxy groups -OCH3 is 2. The molecule has 2 heterocycles. The second-order valence-electron chi connectivity index (χ2n) is 7.12. The Morgan fingerprint density at radius 1 is 1.19 bits per heavy atom. The van der Waals surface area contributed by atoms with Crippen LogP contribution in [-0.2, 0) is 19.1 Å². The lowest BCUT2D eigenvalue weighted by molar-refractivity contribution is -0.156. The van der Waals surface area contributed by atoms with Crippen molar-refractivity contribution in [2.45, 2.75) is 25.4 Å². The Bertz CT molecular complexity index is 762. The third-order valence-corrected chi connectivity index (χ3v) is 5.72. The number of benzene rings is 1. The predicted octanol–water partition coefficient (Wildman–Crippen LogP) is 1.14. The SMILES string of the molecule is COC(=O)[C@@]1(C(C)C)N[C@@H](c2ccccc2OC)[C@H]2C(=O)N(C)C(=O)[C@H]21. The molecule has 3 rings (SSSR count). The molecule has 2 saturated heterocycles. The fourth-order valence-electron chi connectivity index (χ4n) is 4.40. The zero-order valence-corrected chi connectivity index (χ0v) is 15.6. The molecule has 0 radical (unpaired) electrons. The van der Waals surface area contributed by atoms with Crippen molar-refractivity contribution in [3.63, 3.8) is 0 Å². The molecule has 2 amide bonds. The van der Waals surface area contributed by atoms with E-state index in [-0.39, 0.29) is 17.7 Å². The van der Waals surface area contributed by atoms with E-state index in [0.29, 0.717) is 5.75 Å². The minimum Gasteiger partial charge on any atom is -0.496 e. The molecule has 0 spiro atoms. The van der Waals surface area contributed by atoms with Crippen LogP contribution in [-0.4, -0.2) is 49.5 Å². The van der Waals surface area contributed by atoms with Gasteiger partial charge in [-0.1, -0.05) is 32.0 Å². The summed E-state index contributed by atoms with van der Waals surface area (Å²) < 4.78 is 10.5. The van der Waals surface area contributed by atoms with Crippen LogP contribution in [0, 0.1) is 17.8 Å². The average molecular weight is 360 g/mol. The van der Waals surface area contributed by atoms with Crippen LogP contribution in [0.1, 0.15) is 25.5 Å². The van der Waals surface area contributed by atoms with Gasteiger partial charge in [-0.05, 0) is 12.0 Å². The molecule has 0 bridgehead atoms. The zero-order valence-electron chi connectivity index (χ0n) is 15.6. The molecule has 4 atom stereocenters. The second kappa shape index (κ2) is 6.39. The van der Waals surface area contributed by atoms with Gasteiger partial charge in [-0.15, -0.1) is 0 Å². The Labute approximate surface area is 152 Å². The first-order valence-electron chi connectivity index (χ1n) is 8.61. The van der Waals surface area contributed by atoms with Crippen LogP contribution in [0.4, 0.5) is 0 Å². The molecule has 0 unspecified atom stereocenters. The molecule has 1 aromatic carbocycles. The van der Waals surface area contributed by atoms with Gasteiger partial charge in [0.1, 0.15) is 11.3 Å². The van der Waals surface area contributed by atoms with Crippen molar-refractivity contribution in [1.82, 2.24) is 10.2 Å². The molecule has 140 valence electrons.